The SMILES string of the molecule is C=CCc1cc(/C=N/NC(=O)c2cc3cc(OCC)ccc3o2)cc(OC)c1OCc1ccccc1Cl. The Morgan fingerprint density at radius 2 is 1.95 bits per heavy atom. The number of hydrazone groups is 1. The number of fused-ring (bicyclic) bond motifs is 1. The van der Waals surface area contributed by atoms with E-state index in [0.717, 1.165) is 16.5 Å². The average molecular weight is 519 g/mol. The molecule has 0 saturated carbocycles. The van der Waals surface area contributed by atoms with E-state index in [-0.39, 0.29) is 12.4 Å². The Hall–Kier alpha value is -4.23. The van der Waals surface area contributed by atoms with Gasteiger partial charge in [-0.1, -0.05) is 35.9 Å². The van der Waals surface area contributed by atoms with Crippen molar-refractivity contribution in [1.82, 2.24) is 5.43 Å². The molecule has 3 aromatic carbocycles. The summed E-state index contributed by atoms with van der Waals surface area (Å²) in [6.07, 6.45) is 3.85. The van der Waals surface area contributed by atoms with E-state index in [9.17, 15) is 4.79 Å². The van der Waals surface area contributed by atoms with E-state index in [2.05, 4.69) is 17.1 Å². The molecule has 0 bridgehead atoms. The summed E-state index contributed by atoms with van der Waals surface area (Å²) in [5, 5.41) is 5.50. The van der Waals surface area contributed by atoms with E-state index in [1.54, 1.807) is 37.5 Å². The van der Waals surface area contributed by atoms with Gasteiger partial charge in [0, 0.05) is 21.5 Å². The highest BCUT2D eigenvalue weighted by atomic mass is 35.5. The van der Waals surface area contributed by atoms with Crippen molar-refractivity contribution >= 4 is 34.7 Å². The lowest BCUT2D eigenvalue weighted by atomic mass is 10.1. The van der Waals surface area contributed by atoms with E-state index in [1.807, 2.05) is 43.3 Å². The number of allylic oxidation sites excluding steroid dienone is 1. The van der Waals surface area contributed by atoms with Gasteiger partial charge in [-0.15, -0.1) is 6.58 Å². The first kappa shape index (κ1) is 25.9. The fraction of sp³-hybridized carbons (Fsp3) is 0.172. The van der Waals surface area contributed by atoms with Gasteiger partial charge in [0.15, 0.2) is 17.3 Å². The van der Waals surface area contributed by atoms with Gasteiger partial charge in [0.2, 0.25) is 0 Å². The molecular formula is C29H27ClN2O5. The quantitative estimate of drug-likeness (QED) is 0.138. The largest absolute Gasteiger partial charge is 0.494 e. The third kappa shape index (κ3) is 6.32. The molecule has 0 radical (unpaired) electrons. The molecule has 8 heteroatoms. The molecule has 0 aliphatic carbocycles. The molecule has 4 aromatic rings. The average Bonchev–Trinajstić information content (AvgIpc) is 3.33. The molecule has 1 heterocycles. The van der Waals surface area contributed by atoms with Crippen LogP contribution in [0.4, 0.5) is 0 Å². The fourth-order valence-electron chi connectivity index (χ4n) is 3.76. The molecule has 0 aliphatic rings. The maximum atomic E-state index is 12.6. The summed E-state index contributed by atoms with van der Waals surface area (Å²) in [6, 6.07) is 18.2. The normalized spacial score (nSPS) is 11.0. The van der Waals surface area contributed by atoms with E-state index < -0.39 is 5.91 Å². The number of hydrogen-bond donors (Lipinski definition) is 1. The van der Waals surface area contributed by atoms with Crippen LogP contribution in [0.2, 0.25) is 5.02 Å². The molecule has 0 unspecified atom stereocenters. The van der Waals surface area contributed by atoms with Crippen LogP contribution in [0.5, 0.6) is 17.2 Å². The number of amides is 1. The summed E-state index contributed by atoms with van der Waals surface area (Å²) in [7, 11) is 1.57. The van der Waals surface area contributed by atoms with Crippen molar-refractivity contribution in [2.75, 3.05) is 13.7 Å². The Morgan fingerprint density at radius 3 is 2.70 bits per heavy atom. The van der Waals surface area contributed by atoms with Gasteiger partial charge in [-0.2, -0.15) is 5.10 Å². The van der Waals surface area contributed by atoms with Crippen LogP contribution in [-0.2, 0) is 13.0 Å². The van der Waals surface area contributed by atoms with Crippen LogP contribution in [0.25, 0.3) is 11.0 Å². The maximum absolute atomic E-state index is 12.6. The van der Waals surface area contributed by atoms with Gasteiger partial charge in [0.1, 0.15) is 17.9 Å². The lowest BCUT2D eigenvalue weighted by Crippen LogP contribution is -2.16. The molecule has 0 saturated heterocycles. The van der Waals surface area contributed by atoms with Crippen molar-refractivity contribution in [2.24, 2.45) is 5.10 Å². The van der Waals surface area contributed by atoms with Crippen molar-refractivity contribution < 1.29 is 23.4 Å². The number of rotatable bonds is 11. The van der Waals surface area contributed by atoms with Gasteiger partial charge in [-0.3, -0.25) is 4.79 Å². The Balaban J connectivity index is 1.49. The number of ether oxygens (including phenoxy) is 3. The van der Waals surface area contributed by atoms with Crippen molar-refractivity contribution in [1.29, 1.82) is 0 Å². The van der Waals surface area contributed by atoms with E-state index >= 15 is 0 Å². The second kappa shape index (κ2) is 12.1. The van der Waals surface area contributed by atoms with Gasteiger partial charge in [0.25, 0.3) is 0 Å². The first-order chi connectivity index (χ1) is 18.0. The molecule has 1 amide bonds. The molecule has 190 valence electrons. The number of methoxy groups -OCH3 is 1. The van der Waals surface area contributed by atoms with Crippen LogP contribution in [0.3, 0.4) is 0 Å². The first-order valence-corrected chi connectivity index (χ1v) is 12.1. The number of furan rings is 1. The van der Waals surface area contributed by atoms with E-state index in [0.29, 0.717) is 46.4 Å². The number of nitrogens with one attached hydrogen (secondary N) is 1. The summed E-state index contributed by atoms with van der Waals surface area (Å²) in [5.74, 6) is 1.51. The zero-order chi connectivity index (χ0) is 26.2. The highest BCUT2D eigenvalue weighted by molar-refractivity contribution is 6.31. The number of carbonyl (C=O) groups excluding carboxylic acids is 1. The predicted molar refractivity (Wildman–Crippen MR) is 145 cm³/mol. The van der Waals surface area contributed by atoms with Gasteiger partial charge < -0.3 is 18.6 Å². The van der Waals surface area contributed by atoms with Gasteiger partial charge in [-0.25, -0.2) is 5.43 Å². The molecule has 7 nitrogen and oxygen atoms in total. The molecule has 0 spiro atoms. The van der Waals surface area contributed by atoms with Crippen LogP contribution in [0.15, 0.2) is 82.8 Å². The molecule has 0 aliphatic heterocycles. The molecular weight excluding hydrogens is 492 g/mol. The minimum absolute atomic E-state index is 0.147. The third-order valence-corrected chi connectivity index (χ3v) is 5.84. The number of halogens is 1. The van der Waals surface area contributed by atoms with Crippen LogP contribution < -0.4 is 19.6 Å². The Morgan fingerprint density at radius 1 is 1.11 bits per heavy atom. The third-order valence-electron chi connectivity index (χ3n) is 5.47. The van der Waals surface area contributed by atoms with Gasteiger partial charge in [-0.05, 0) is 61.4 Å². The lowest BCUT2D eigenvalue weighted by Gasteiger charge is -2.16. The van der Waals surface area contributed by atoms with Crippen molar-refractivity contribution in [3.8, 4) is 17.2 Å². The number of hydrogen-bond acceptors (Lipinski definition) is 6. The van der Waals surface area contributed by atoms with Gasteiger partial charge in [0.05, 0.1) is 19.9 Å². The number of carbonyl (C=O) groups is 1. The Bertz CT molecular complexity index is 1440. The summed E-state index contributed by atoms with van der Waals surface area (Å²) in [6.45, 7) is 6.59. The van der Waals surface area contributed by atoms with Crippen LogP contribution in [0, 0.1) is 0 Å². The molecule has 1 aromatic heterocycles. The topological polar surface area (TPSA) is 82.3 Å². The first-order valence-electron chi connectivity index (χ1n) is 11.7. The second-order valence-electron chi connectivity index (χ2n) is 8.03. The standard InChI is InChI=1S/C29H27ClN2O5/c1-4-8-20-13-19(14-26(34-3)28(20)36-18-21-9-6-7-10-24(21)30)17-31-32-29(33)27-16-22-15-23(35-5-2)11-12-25(22)37-27/h4,6-7,9-17H,1,5,8,18H2,2-3H3,(H,32,33)/b31-17+. The summed E-state index contributed by atoms with van der Waals surface area (Å²) in [4.78, 5) is 12.6. The number of benzene rings is 3. The zero-order valence-electron chi connectivity index (χ0n) is 20.6. The zero-order valence-corrected chi connectivity index (χ0v) is 21.4. The Kier molecular flexibility index (Phi) is 8.48. The maximum Gasteiger partial charge on any atom is 0.307 e. The molecule has 1 N–H and O–H groups in total. The fourth-order valence-corrected chi connectivity index (χ4v) is 3.95. The highest BCUT2D eigenvalue weighted by Crippen LogP contribution is 2.34. The molecule has 4 rings (SSSR count). The van der Waals surface area contributed by atoms with E-state index in [1.165, 1.54) is 6.21 Å². The predicted octanol–water partition coefficient (Wildman–Crippen LogP) is 6.56. The lowest BCUT2D eigenvalue weighted by molar-refractivity contribution is 0.0929. The molecule has 0 atom stereocenters. The smallest absolute Gasteiger partial charge is 0.307 e. The summed E-state index contributed by atoms with van der Waals surface area (Å²) >= 11 is 6.27. The van der Waals surface area contributed by atoms with Gasteiger partial charge >= 0.3 is 5.91 Å². The minimum Gasteiger partial charge on any atom is -0.494 e. The summed E-state index contributed by atoms with van der Waals surface area (Å²) in [5.41, 5.74) is 5.53. The summed E-state index contributed by atoms with van der Waals surface area (Å²) < 4.78 is 22.8. The highest BCUT2D eigenvalue weighted by Gasteiger charge is 2.15. The van der Waals surface area contributed by atoms with Crippen molar-refractivity contribution in [3.05, 3.63) is 101 Å². The van der Waals surface area contributed by atoms with Crippen LogP contribution in [0.1, 0.15) is 34.2 Å². The number of nitrogens with zero attached hydrogens (tertiary/aromatic N) is 1. The molecule has 0 fully saturated rings. The minimum atomic E-state index is -0.469. The Labute approximate surface area is 220 Å². The van der Waals surface area contributed by atoms with Crippen molar-refractivity contribution in [2.45, 2.75) is 20.0 Å². The molecule has 37 heavy (non-hydrogen) atoms. The monoisotopic (exact) mass is 518 g/mol. The van der Waals surface area contributed by atoms with E-state index in [4.69, 9.17) is 30.2 Å². The second-order valence-corrected chi connectivity index (χ2v) is 8.43. The van der Waals surface area contributed by atoms with Crippen molar-refractivity contribution in [3.63, 3.8) is 0 Å². The van der Waals surface area contributed by atoms with Crippen LogP contribution >= 0.6 is 11.6 Å². The van der Waals surface area contributed by atoms with Crippen LogP contribution in [-0.4, -0.2) is 25.8 Å².